The molecule has 0 bridgehead atoms. The third-order valence-corrected chi connectivity index (χ3v) is 5.42. The normalized spacial score (nSPS) is 11.6. The average molecular weight is 417 g/mol. The van der Waals surface area contributed by atoms with Crippen molar-refractivity contribution in [2.75, 3.05) is 16.8 Å². The largest absolute Gasteiger partial charge is 0.360 e. The van der Waals surface area contributed by atoms with E-state index in [-0.39, 0.29) is 23.3 Å². The van der Waals surface area contributed by atoms with Crippen molar-refractivity contribution in [3.63, 3.8) is 0 Å². The molecule has 1 aromatic carbocycles. The lowest BCUT2D eigenvalue weighted by atomic mass is 10.1. The van der Waals surface area contributed by atoms with Crippen LogP contribution in [0.3, 0.4) is 0 Å². The highest BCUT2D eigenvalue weighted by Crippen LogP contribution is 2.09. The molecule has 2 amide bonds. The van der Waals surface area contributed by atoms with Crippen LogP contribution < -0.4 is 10.1 Å². The van der Waals surface area contributed by atoms with E-state index in [0.717, 1.165) is 5.56 Å². The van der Waals surface area contributed by atoms with Crippen LogP contribution in [0.25, 0.3) is 0 Å². The lowest BCUT2D eigenvalue weighted by Crippen LogP contribution is -2.18. The number of thiazole rings is 1. The van der Waals surface area contributed by atoms with Gasteiger partial charge in [-0.3, -0.25) is 9.59 Å². The number of thioether (sulfide) groups is 1. The molecule has 0 spiro atoms. The van der Waals surface area contributed by atoms with Crippen LogP contribution >= 0.6 is 23.1 Å². The molecule has 0 atom stereocenters. The van der Waals surface area contributed by atoms with Crippen LogP contribution in [0.15, 0.2) is 51.4 Å². The highest BCUT2D eigenvalue weighted by atomic mass is 32.2. The van der Waals surface area contributed by atoms with Gasteiger partial charge in [-0.1, -0.05) is 35.0 Å². The number of hydrogen-bond donors (Lipinski definition) is 1. The van der Waals surface area contributed by atoms with Crippen molar-refractivity contribution in [2.45, 2.75) is 20.4 Å². The maximum Gasteiger partial charge on any atom is 0.258 e. The topological polar surface area (TPSA) is 89.5 Å². The van der Waals surface area contributed by atoms with Crippen molar-refractivity contribution in [1.29, 1.82) is 0 Å². The molecule has 28 heavy (non-hydrogen) atoms. The molecule has 0 aliphatic heterocycles. The van der Waals surface area contributed by atoms with E-state index in [1.54, 1.807) is 13.0 Å². The van der Waals surface area contributed by atoms with E-state index in [9.17, 15) is 9.59 Å². The standard InChI is InChI=1S/C19H20N4O3S2/c1-13-3-5-15(6-4-13)10-23-7-8-28-19(23)21-18(25)12-27-11-17(24)20-16-9-14(2)26-22-16/h3-9H,10-12H2,1-2H3,(H,20,22,24). The van der Waals surface area contributed by atoms with Gasteiger partial charge in [-0.15, -0.1) is 23.1 Å². The molecular formula is C19H20N4O3S2. The van der Waals surface area contributed by atoms with Gasteiger partial charge in [0.2, 0.25) is 5.91 Å². The van der Waals surface area contributed by atoms with Crippen LogP contribution in [0.1, 0.15) is 16.9 Å². The van der Waals surface area contributed by atoms with Gasteiger partial charge in [0.1, 0.15) is 5.76 Å². The highest BCUT2D eigenvalue weighted by molar-refractivity contribution is 8.00. The summed E-state index contributed by atoms with van der Waals surface area (Å²) in [6, 6.07) is 9.89. The molecule has 0 saturated heterocycles. The summed E-state index contributed by atoms with van der Waals surface area (Å²) < 4.78 is 6.83. The second-order valence-electron chi connectivity index (χ2n) is 6.17. The van der Waals surface area contributed by atoms with Crippen molar-refractivity contribution in [1.82, 2.24) is 9.72 Å². The number of nitrogens with zero attached hydrogens (tertiary/aromatic N) is 3. The van der Waals surface area contributed by atoms with Crippen LogP contribution in [0.4, 0.5) is 5.82 Å². The molecule has 0 saturated carbocycles. The Kier molecular flexibility index (Phi) is 6.83. The van der Waals surface area contributed by atoms with E-state index >= 15 is 0 Å². The zero-order chi connectivity index (χ0) is 19.9. The quantitative estimate of drug-likeness (QED) is 0.639. The molecule has 1 N–H and O–H groups in total. The zero-order valence-corrected chi connectivity index (χ0v) is 17.2. The summed E-state index contributed by atoms with van der Waals surface area (Å²) in [5, 5.41) is 8.21. The van der Waals surface area contributed by atoms with Crippen LogP contribution in [0.2, 0.25) is 0 Å². The van der Waals surface area contributed by atoms with Gasteiger partial charge in [-0.25, -0.2) is 0 Å². The van der Waals surface area contributed by atoms with Crippen LogP contribution in [-0.4, -0.2) is 33.0 Å². The number of aryl methyl sites for hydroxylation is 2. The molecule has 0 fully saturated rings. The molecule has 7 nitrogen and oxygen atoms in total. The molecule has 9 heteroatoms. The van der Waals surface area contributed by atoms with E-state index in [0.29, 0.717) is 22.9 Å². The van der Waals surface area contributed by atoms with Crippen molar-refractivity contribution in [3.05, 3.63) is 63.6 Å². The van der Waals surface area contributed by atoms with E-state index < -0.39 is 0 Å². The zero-order valence-electron chi connectivity index (χ0n) is 15.5. The summed E-state index contributed by atoms with van der Waals surface area (Å²) in [4.78, 5) is 28.8. The molecule has 0 radical (unpaired) electrons. The number of amides is 2. The van der Waals surface area contributed by atoms with E-state index in [1.165, 1.54) is 28.7 Å². The van der Waals surface area contributed by atoms with Gasteiger partial charge in [-0.2, -0.15) is 4.99 Å². The number of carbonyl (C=O) groups is 2. The molecule has 146 valence electrons. The van der Waals surface area contributed by atoms with Gasteiger partial charge in [0.05, 0.1) is 11.5 Å². The number of rotatable bonds is 7. The fourth-order valence-corrected chi connectivity index (χ4v) is 3.72. The van der Waals surface area contributed by atoms with Gasteiger partial charge >= 0.3 is 0 Å². The molecule has 3 rings (SSSR count). The molecule has 0 aliphatic carbocycles. The first-order valence-electron chi connectivity index (χ1n) is 8.57. The predicted octanol–water partition coefficient (Wildman–Crippen LogP) is 3.00. The van der Waals surface area contributed by atoms with Crippen LogP contribution in [0.5, 0.6) is 0 Å². The summed E-state index contributed by atoms with van der Waals surface area (Å²) in [6.45, 7) is 4.45. The summed E-state index contributed by atoms with van der Waals surface area (Å²) >= 11 is 2.62. The smallest absolute Gasteiger partial charge is 0.258 e. The lowest BCUT2D eigenvalue weighted by molar-refractivity contribution is -0.115. The van der Waals surface area contributed by atoms with Gasteiger partial charge in [0.25, 0.3) is 5.91 Å². The van der Waals surface area contributed by atoms with Gasteiger partial charge in [0, 0.05) is 24.2 Å². The number of anilines is 1. The molecule has 0 aliphatic rings. The van der Waals surface area contributed by atoms with Crippen molar-refractivity contribution in [3.8, 4) is 0 Å². The average Bonchev–Trinajstić information content (AvgIpc) is 3.26. The SMILES string of the molecule is Cc1ccc(Cn2ccsc2=NC(=O)CSCC(=O)Nc2cc(C)on2)cc1. The maximum atomic E-state index is 12.1. The minimum atomic E-state index is -0.268. The Hall–Kier alpha value is -2.65. The minimum Gasteiger partial charge on any atom is -0.360 e. The highest BCUT2D eigenvalue weighted by Gasteiger charge is 2.08. The first-order chi connectivity index (χ1) is 13.5. The Balaban J connectivity index is 1.51. The summed E-state index contributed by atoms with van der Waals surface area (Å²) in [6.07, 6.45) is 1.91. The van der Waals surface area contributed by atoms with E-state index in [2.05, 4.69) is 39.7 Å². The van der Waals surface area contributed by atoms with Crippen molar-refractivity contribution < 1.29 is 14.1 Å². The number of aromatic nitrogens is 2. The summed E-state index contributed by atoms with van der Waals surface area (Å²) in [5.41, 5.74) is 2.35. The Bertz CT molecular complexity index is 1020. The molecular weight excluding hydrogens is 396 g/mol. The van der Waals surface area contributed by atoms with Crippen LogP contribution in [-0.2, 0) is 16.1 Å². The third kappa shape index (κ3) is 5.93. The lowest BCUT2D eigenvalue weighted by Gasteiger charge is -2.04. The first kappa shape index (κ1) is 20.1. The Morgan fingerprint density at radius 3 is 2.75 bits per heavy atom. The molecule has 0 unspecified atom stereocenters. The Labute approximate surface area is 170 Å². The predicted molar refractivity (Wildman–Crippen MR) is 110 cm³/mol. The minimum absolute atomic E-state index is 0.133. The number of hydrogen-bond acceptors (Lipinski definition) is 6. The molecule has 3 aromatic rings. The van der Waals surface area contributed by atoms with E-state index in [4.69, 9.17) is 4.52 Å². The second-order valence-corrected chi connectivity index (χ2v) is 8.03. The second kappa shape index (κ2) is 9.52. The van der Waals surface area contributed by atoms with Crippen molar-refractivity contribution in [2.24, 2.45) is 4.99 Å². The Morgan fingerprint density at radius 2 is 2.04 bits per heavy atom. The van der Waals surface area contributed by atoms with Crippen LogP contribution in [0, 0.1) is 13.8 Å². The summed E-state index contributed by atoms with van der Waals surface area (Å²) in [5.74, 6) is 0.753. The first-order valence-corrected chi connectivity index (χ1v) is 10.6. The monoisotopic (exact) mass is 416 g/mol. The van der Waals surface area contributed by atoms with Gasteiger partial charge < -0.3 is 14.4 Å². The van der Waals surface area contributed by atoms with Gasteiger partial charge in [-0.05, 0) is 19.4 Å². The molecule has 2 aromatic heterocycles. The van der Waals surface area contributed by atoms with Gasteiger partial charge in [0.15, 0.2) is 10.6 Å². The van der Waals surface area contributed by atoms with Crippen molar-refractivity contribution >= 4 is 40.7 Å². The fraction of sp³-hybridized carbons (Fsp3) is 0.263. The fourth-order valence-electron chi connectivity index (χ4n) is 2.37. The molecule has 2 heterocycles. The number of benzene rings is 1. The summed E-state index contributed by atoms with van der Waals surface area (Å²) in [7, 11) is 0. The van der Waals surface area contributed by atoms with E-state index in [1.807, 2.05) is 23.1 Å². The number of nitrogens with one attached hydrogen (secondary N) is 1. The number of carbonyl (C=O) groups excluding carboxylic acids is 2. The maximum absolute atomic E-state index is 12.1. The third-order valence-electron chi connectivity index (χ3n) is 3.71. The Morgan fingerprint density at radius 1 is 1.25 bits per heavy atom.